The van der Waals surface area contributed by atoms with E-state index in [4.69, 9.17) is 4.74 Å². The van der Waals surface area contributed by atoms with Gasteiger partial charge in [0.1, 0.15) is 0 Å². The number of hydrogen-bond acceptors (Lipinski definition) is 3. The minimum absolute atomic E-state index is 0.0816. The maximum absolute atomic E-state index is 11.4. The zero-order chi connectivity index (χ0) is 11.4. The zero-order valence-electron chi connectivity index (χ0n) is 8.54. The van der Waals surface area contributed by atoms with Crippen molar-refractivity contribution in [2.75, 3.05) is 6.61 Å². The Morgan fingerprint density at radius 3 is 2.40 bits per heavy atom. The molecular weight excluding hydrogens is 260 g/mol. The van der Waals surface area contributed by atoms with E-state index in [0.717, 1.165) is 0 Å². The largest absolute Gasteiger partial charge is 0.462 e. The first kappa shape index (κ1) is 11.9. The Labute approximate surface area is 96.6 Å². The van der Waals surface area contributed by atoms with Crippen LogP contribution in [0.3, 0.4) is 0 Å². The SMILES string of the molecule is CCOC(=O)c1cc(Br)cc(C(C)=O)c1. The van der Waals surface area contributed by atoms with Crippen LogP contribution in [0.5, 0.6) is 0 Å². The van der Waals surface area contributed by atoms with Crippen LogP contribution < -0.4 is 0 Å². The van der Waals surface area contributed by atoms with E-state index in [1.165, 1.54) is 13.0 Å². The molecule has 0 unspecified atom stereocenters. The number of carbonyl (C=O) groups is 2. The van der Waals surface area contributed by atoms with E-state index in [2.05, 4.69) is 15.9 Å². The lowest BCUT2D eigenvalue weighted by Crippen LogP contribution is -2.06. The molecule has 3 nitrogen and oxygen atoms in total. The van der Waals surface area contributed by atoms with Gasteiger partial charge in [0.2, 0.25) is 0 Å². The van der Waals surface area contributed by atoms with Crippen LogP contribution >= 0.6 is 15.9 Å². The predicted octanol–water partition coefficient (Wildman–Crippen LogP) is 2.83. The number of halogens is 1. The fourth-order valence-electron chi connectivity index (χ4n) is 1.13. The van der Waals surface area contributed by atoms with Gasteiger partial charge in [-0.25, -0.2) is 4.79 Å². The van der Waals surface area contributed by atoms with Gasteiger partial charge in [-0.1, -0.05) is 15.9 Å². The smallest absolute Gasteiger partial charge is 0.338 e. The summed E-state index contributed by atoms with van der Waals surface area (Å²) in [6, 6.07) is 4.83. The van der Waals surface area contributed by atoms with Crippen molar-refractivity contribution in [1.82, 2.24) is 0 Å². The summed E-state index contributed by atoms with van der Waals surface area (Å²) in [5.74, 6) is -0.497. The molecule has 0 aliphatic heterocycles. The van der Waals surface area contributed by atoms with Gasteiger partial charge in [-0.2, -0.15) is 0 Å². The Kier molecular flexibility index (Phi) is 4.03. The van der Waals surface area contributed by atoms with Crippen molar-refractivity contribution < 1.29 is 14.3 Å². The first-order valence-corrected chi connectivity index (χ1v) is 5.32. The molecule has 0 saturated heterocycles. The molecule has 0 fully saturated rings. The second-order valence-electron chi connectivity index (χ2n) is 3.01. The highest BCUT2D eigenvalue weighted by Crippen LogP contribution is 2.17. The molecule has 4 heteroatoms. The van der Waals surface area contributed by atoms with Crippen molar-refractivity contribution in [3.05, 3.63) is 33.8 Å². The molecule has 15 heavy (non-hydrogen) atoms. The van der Waals surface area contributed by atoms with E-state index in [1.807, 2.05) is 0 Å². The number of rotatable bonds is 3. The summed E-state index contributed by atoms with van der Waals surface area (Å²) < 4.78 is 5.54. The average Bonchev–Trinajstić information content (AvgIpc) is 2.17. The van der Waals surface area contributed by atoms with Crippen LogP contribution in [-0.2, 0) is 4.74 Å². The number of hydrogen-bond donors (Lipinski definition) is 0. The third-order valence-electron chi connectivity index (χ3n) is 1.82. The van der Waals surface area contributed by atoms with E-state index in [1.54, 1.807) is 19.1 Å². The van der Waals surface area contributed by atoms with Gasteiger partial charge in [-0.3, -0.25) is 4.79 Å². The van der Waals surface area contributed by atoms with E-state index in [0.29, 0.717) is 22.2 Å². The van der Waals surface area contributed by atoms with Crippen LogP contribution in [0.4, 0.5) is 0 Å². The number of Topliss-reactive ketones (excluding diaryl/α,β-unsaturated/α-hetero) is 1. The van der Waals surface area contributed by atoms with Crippen LogP contribution in [0.25, 0.3) is 0 Å². The van der Waals surface area contributed by atoms with Crippen LogP contribution in [0.1, 0.15) is 34.6 Å². The van der Waals surface area contributed by atoms with Crippen LogP contribution in [0, 0.1) is 0 Å². The number of esters is 1. The Morgan fingerprint density at radius 2 is 1.87 bits per heavy atom. The van der Waals surface area contributed by atoms with E-state index in [9.17, 15) is 9.59 Å². The Hall–Kier alpha value is -1.16. The molecule has 80 valence electrons. The highest BCUT2D eigenvalue weighted by molar-refractivity contribution is 9.10. The maximum atomic E-state index is 11.4. The summed E-state index contributed by atoms with van der Waals surface area (Å²) in [7, 11) is 0. The van der Waals surface area contributed by atoms with Gasteiger partial charge >= 0.3 is 5.97 Å². The third kappa shape index (κ3) is 3.16. The molecule has 0 heterocycles. The maximum Gasteiger partial charge on any atom is 0.338 e. The monoisotopic (exact) mass is 270 g/mol. The molecule has 0 aromatic heterocycles. The molecule has 0 spiro atoms. The first-order chi connectivity index (χ1) is 7.04. The second kappa shape index (κ2) is 5.07. The van der Waals surface area contributed by atoms with E-state index >= 15 is 0 Å². The average molecular weight is 271 g/mol. The molecule has 0 radical (unpaired) electrons. The zero-order valence-corrected chi connectivity index (χ0v) is 10.1. The van der Waals surface area contributed by atoms with Gasteiger partial charge in [-0.15, -0.1) is 0 Å². The van der Waals surface area contributed by atoms with Crippen LogP contribution in [-0.4, -0.2) is 18.4 Å². The van der Waals surface area contributed by atoms with Gasteiger partial charge in [0.15, 0.2) is 5.78 Å². The fraction of sp³-hybridized carbons (Fsp3) is 0.273. The molecule has 0 aliphatic carbocycles. The summed E-state index contributed by atoms with van der Waals surface area (Å²) in [5, 5.41) is 0. The number of carbonyl (C=O) groups excluding carboxylic acids is 2. The third-order valence-corrected chi connectivity index (χ3v) is 2.27. The Morgan fingerprint density at radius 1 is 1.27 bits per heavy atom. The first-order valence-electron chi connectivity index (χ1n) is 4.53. The van der Waals surface area contributed by atoms with Crippen molar-refractivity contribution in [3.63, 3.8) is 0 Å². The number of benzene rings is 1. The Balaban J connectivity index is 3.09. The summed E-state index contributed by atoms with van der Waals surface area (Å²) in [6.45, 7) is 3.51. The van der Waals surface area contributed by atoms with Crippen molar-refractivity contribution in [2.24, 2.45) is 0 Å². The Bertz CT molecular complexity index is 399. The number of ketones is 1. The molecule has 1 aromatic carbocycles. The fourth-order valence-corrected chi connectivity index (χ4v) is 1.62. The molecule has 0 N–H and O–H groups in total. The highest BCUT2D eigenvalue weighted by atomic mass is 79.9. The second-order valence-corrected chi connectivity index (χ2v) is 3.92. The minimum Gasteiger partial charge on any atom is -0.462 e. The van der Waals surface area contributed by atoms with Gasteiger partial charge < -0.3 is 4.74 Å². The van der Waals surface area contributed by atoms with E-state index < -0.39 is 5.97 Å². The molecule has 0 atom stereocenters. The van der Waals surface area contributed by atoms with E-state index in [-0.39, 0.29) is 5.78 Å². The van der Waals surface area contributed by atoms with Crippen molar-refractivity contribution in [3.8, 4) is 0 Å². The topological polar surface area (TPSA) is 43.4 Å². The molecule has 0 amide bonds. The highest BCUT2D eigenvalue weighted by Gasteiger charge is 2.10. The van der Waals surface area contributed by atoms with Crippen molar-refractivity contribution in [1.29, 1.82) is 0 Å². The summed E-state index contributed by atoms with van der Waals surface area (Å²) in [6.07, 6.45) is 0. The standard InChI is InChI=1S/C11H11BrO3/c1-3-15-11(14)9-4-8(7(2)13)5-10(12)6-9/h4-6H,3H2,1-2H3. The van der Waals surface area contributed by atoms with Gasteiger partial charge in [0.05, 0.1) is 12.2 Å². The van der Waals surface area contributed by atoms with Crippen molar-refractivity contribution in [2.45, 2.75) is 13.8 Å². The molecule has 0 bridgehead atoms. The summed E-state index contributed by atoms with van der Waals surface area (Å²) in [5.41, 5.74) is 0.879. The van der Waals surface area contributed by atoms with Gasteiger partial charge in [0.25, 0.3) is 0 Å². The molecule has 1 rings (SSSR count). The van der Waals surface area contributed by atoms with Crippen molar-refractivity contribution >= 4 is 27.7 Å². The lowest BCUT2D eigenvalue weighted by atomic mass is 10.1. The lowest BCUT2D eigenvalue weighted by molar-refractivity contribution is 0.0526. The predicted molar refractivity (Wildman–Crippen MR) is 60.1 cm³/mol. The van der Waals surface area contributed by atoms with Gasteiger partial charge in [0, 0.05) is 10.0 Å². The lowest BCUT2D eigenvalue weighted by Gasteiger charge is -2.04. The molecular formula is C11H11BrO3. The van der Waals surface area contributed by atoms with Crippen LogP contribution in [0.15, 0.2) is 22.7 Å². The summed E-state index contributed by atoms with van der Waals surface area (Å²) >= 11 is 3.24. The molecule has 1 aromatic rings. The van der Waals surface area contributed by atoms with Crippen LogP contribution in [0.2, 0.25) is 0 Å². The minimum atomic E-state index is -0.415. The normalized spacial score (nSPS) is 9.80. The number of ether oxygens (including phenoxy) is 1. The summed E-state index contributed by atoms with van der Waals surface area (Å²) in [4.78, 5) is 22.6. The van der Waals surface area contributed by atoms with Gasteiger partial charge in [-0.05, 0) is 32.0 Å². The molecule has 0 saturated carbocycles. The molecule has 0 aliphatic rings. The quantitative estimate of drug-likeness (QED) is 0.627.